The molecule has 1 aromatic heterocycles. The van der Waals surface area contributed by atoms with Crippen LogP contribution in [0.5, 0.6) is 0 Å². The van der Waals surface area contributed by atoms with Crippen LogP contribution in [0.15, 0.2) is 170 Å². The molecule has 1 heterocycles. The monoisotopic (exact) mass is 667 g/mol. The number of hydrogen-bond donors (Lipinski definition) is 0. The molecule has 0 aliphatic rings. The first kappa shape index (κ1) is 28.8. The Morgan fingerprint density at radius 3 is 1.47 bits per heavy atom. The van der Waals surface area contributed by atoms with E-state index < -0.39 is 0 Å². The molecule has 0 saturated heterocycles. The van der Waals surface area contributed by atoms with Gasteiger partial charge in [-0.25, -0.2) is 0 Å². The van der Waals surface area contributed by atoms with Crippen LogP contribution in [-0.4, -0.2) is 31.0 Å². The molecule has 0 aliphatic heterocycles. The van der Waals surface area contributed by atoms with Gasteiger partial charge in [0.1, 0.15) is 0 Å². The van der Waals surface area contributed by atoms with Crippen LogP contribution in [0.1, 0.15) is 0 Å². The molecule has 0 saturated carbocycles. The summed E-state index contributed by atoms with van der Waals surface area (Å²) >= 11 is 2.80. The zero-order chi connectivity index (χ0) is 31.6. The van der Waals surface area contributed by atoms with Crippen molar-refractivity contribution in [3.8, 4) is 67.5 Å². The Kier molecular flexibility index (Phi) is 7.72. The van der Waals surface area contributed by atoms with Gasteiger partial charge in [-0.15, -0.1) is 0 Å². The zero-order valence-electron chi connectivity index (χ0n) is 25.5. The molecule has 47 heavy (non-hydrogen) atoms. The standard InChI is InChI=1S/C43H29N3Se/c47-40-34(30-16-6-2-7-17-30)24-13-25-38(40)37-26-27-39(36-23-11-10-22-35(36)37)43-45-41(31-18-8-3-9-19-31)44-42(46-43)33-21-12-20-32(28-33)29-14-4-1-5-15-29/h1-28,47H. The van der Waals surface area contributed by atoms with Gasteiger partial charge in [-0.3, -0.25) is 0 Å². The predicted octanol–water partition coefficient (Wildman–Crippen LogP) is 9.55. The molecule has 0 bridgehead atoms. The number of nitrogens with zero attached hydrogens (tertiary/aromatic N) is 3. The second kappa shape index (κ2) is 12.6. The van der Waals surface area contributed by atoms with Crippen molar-refractivity contribution in [1.82, 2.24) is 15.0 Å². The molecule has 7 aromatic carbocycles. The summed E-state index contributed by atoms with van der Waals surface area (Å²) < 4.78 is 1.19. The maximum absolute atomic E-state index is 5.13. The summed E-state index contributed by atoms with van der Waals surface area (Å²) in [5, 5.41) is 2.24. The van der Waals surface area contributed by atoms with Gasteiger partial charge in [0.15, 0.2) is 0 Å². The molecule has 0 N–H and O–H groups in total. The van der Waals surface area contributed by atoms with E-state index in [2.05, 4.69) is 149 Å². The van der Waals surface area contributed by atoms with Crippen molar-refractivity contribution in [2.45, 2.75) is 0 Å². The maximum atomic E-state index is 5.13. The van der Waals surface area contributed by atoms with E-state index in [9.17, 15) is 0 Å². The Labute approximate surface area is 282 Å². The molecule has 4 heteroatoms. The summed E-state index contributed by atoms with van der Waals surface area (Å²) in [5.41, 5.74) is 9.90. The topological polar surface area (TPSA) is 38.7 Å². The average molecular weight is 667 g/mol. The van der Waals surface area contributed by atoms with E-state index in [4.69, 9.17) is 15.0 Å². The summed E-state index contributed by atoms with van der Waals surface area (Å²) in [6, 6.07) is 59.0. The molecule has 0 amide bonds. The molecule has 0 radical (unpaired) electrons. The van der Waals surface area contributed by atoms with Crippen molar-refractivity contribution in [1.29, 1.82) is 0 Å². The van der Waals surface area contributed by atoms with E-state index in [1.807, 2.05) is 36.4 Å². The summed E-state index contributed by atoms with van der Waals surface area (Å²) in [4.78, 5) is 15.2. The molecule has 0 unspecified atom stereocenters. The normalized spacial score (nSPS) is 11.1. The van der Waals surface area contributed by atoms with Crippen molar-refractivity contribution in [2.24, 2.45) is 0 Å². The Morgan fingerprint density at radius 2 is 0.766 bits per heavy atom. The van der Waals surface area contributed by atoms with Crippen LogP contribution < -0.4 is 4.46 Å². The fourth-order valence-electron chi connectivity index (χ4n) is 6.15. The SMILES string of the molecule is [SeH]c1c(-c2ccccc2)cccc1-c1ccc(-c2nc(-c3ccccc3)nc(-c3cccc(-c4ccccc4)c3)n2)c2ccccc12. The predicted molar refractivity (Wildman–Crippen MR) is 197 cm³/mol. The van der Waals surface area contributed by atoms with Crippen LogP contribution in [0.25, 0.3) is 78.3 Å². The van der Waals surface area contributed by atoms with Gasteiger partial charge in [0.25, 0.3) is 0 Å². The number of benzene rings is 7. The Morgan fingerprint density at radius 1 is 0.298 bits per heavy atom. The molecule has 3 nitrogen and oxygen atoms in total. The molecule has 0 spiro atoms. The number of aromatic nitrogens is 3. The fraction of sp³-hybridized carbons (Fsp3) is 0. The molecular formula is C43H29N3Se. The van der Waals surface area contributed by atoms with Crippen LogP contribution in [0.2, 0.25) is 0 Å². The van der Waals surface area contributed by atoms with E-state index in [0.717, 1.165) is 38.6 Å². The summed E-state index contributed by atoms with van der Waals surface area (Å²) in [5.74, 6) is 1.93. The molecule has 0 fully saturated rings. The first-order chi connectivity index (χ1) is 23.2. The number of rotatable bonds is 6. The van der Waals surface area contributed by atoms with Gasteiger partial charge >= 0.3 is 236 Å². The van der Waals surface area contributed by atoms with Gasteiger partial charge in [0, 0.05) is 0 Å². The van der Waals surface area contributed by atoms with Gasteiger partial charge in [0.05, 0.1) is 0 Å². The minimum atomic E-state index is 0.642. The third kappa shape index (κ3) is 5.66. The van der Waals surface area contributed by atoms with E-state index in [-0.39, 0.29) is 0 Å². The van der Waals surface area contributed by atoms with Crippen molar-refractivity contribution in [3.05, 3.63) is 170 Å². The molecule has 8 rings (SSSR count). The minimum absolute atomic E-state index is 0.642. The van der Waals surface area contributed by atoms with Gasteiger partial charge in [-0.1, -0.05) is 42.5 Å². The van der Waals surface area contributed by atoms with Crippen LogP contribution in [0, 0.1) is 0 Å². The average Bonchev–Trinajstić information content (AvgIpc) is 3.15. The van der Waals surface area contributed by atoms with Crippen molar-refractivity contribution in [3.63, 3.8) is 0 Å². The molecule has 0 atom stereocenters. The molecule has 222 valence electrons. The Hall–Kier alpha value is -5.67. The van der Waals surface area contributed by atoms with Gasteiger partial charge < -0.3 is 0 Å². The number of hydrogen-bond acceptors (Lipinski definition) is 3. The fourth-order valence-corrected chi connectivity index (χ4v) is 6.99. The Balaban J connectivity index is 1.30. The summed E-state index contributed by atoms with van der Waals surface area (Å²) in [6.45, 7) is 0. The van der Waals surface area contributed by atoms with Crippen LogP contribution in [0.3, 0.4) is 0 Å². The Bertz CT molecular complexity index is 2350. The molecular weight excluding hydrogens is 637 g/mol. The molecule has 8 aromatic rings. The van der Waals surface area contributed by atoms with Crippen LogP contribution in [0.4, 0.5) is 0 Å². The third-order valence-electron chi connectivity index (χ3n) is 8.47. The number of fused-ring (bicyclic) bond motifs is 1. The second-order valence-electron chi connectivity index (χ2n) is 11.4. The summed E-state index contributed by atoms with van der Waals surface area (Å²) in [7, 11) is 0. The van der Waals surface area contributed by atoms with Crippen molar-refractivity contribution < 1.29 is 0 Å². The van der Waals surface area contributed by atoms with Crippen molar-refractivity contribution >= 4 is 31.2 Å². The van der Waals surface area contributed by atoms with Crippen molar-refractivity contribution in [2.75, 3.05) is 0 Å². The molecule has 0 aliphatic carbocycles. The van der Waals surface area contributed by atoms with Gasteiger partial charge in [0.2, 0.25) is 0 Å². The van der Waals surface area contributed by atoms with E-state index in [1.165, 1.54) is 26.7 Å². The van der Waals surface area contributed by atoms with Gasteiger partial charge in [-0.05, 0) is 5.56 Å². The van der Waals surface area contributed by atoms with Gasteiger partial charge in [-0.2, -0.15) is 0 Å². The van der Waals surface area contributed by atoms with E-state index in [0.29, 0.717) is 17.5 Å². The van der Waals surface area contributed by atoms with Crippen LogP contribution >= 0.6 is 0 Å². The quantitative estimate of drug-likeness (QED) is 0.166. The second-order valence-corrected chi connectivity index (χ2v) is 12.3. The van der Waals surface area contributed by atoms with Crippen LogP contribution in [-0.2, 0) is 0 Å². The van der Waals surface area contributed by atoms with E-state index in [1.54, 1.807) is 0 Å². The summed E-state index contributed by atoms with van der Waals surface area (Å²) in [6.07, 6.45) is 0. The zero-order valence-corrected chi connectivity index (χ0v) is 27.3. The third-order valence-corrected chi connectivity index (χ3v) is 9.48. The van der Waals surface area contributed by atoms with E-state index >= 15 is 0 Å². The first-order valence-corrected chi connectivity index (χ1v) is 16.5. The first-order valence-electron chi connectivity index (χ1n) is 15.6.